The van der Waals surface area contributed by atoms with Gasteiger partial charge in [0.15, 0.2) is 0 Å². The lowest BCUT2D eigenvalue weighted by Gasteiger charge is -1.86. The standard InChI is InChI=1S/C9H11NO2.C2H6/c1-2-4-9(11)10-7-8-5-3-6-12-8;1-2/h3,5-7H,2,4H2,1H3;1-2H3. The molecule has 0 spiro atoms. The van der Waals surface area contributed by atoms with Crippen LogP contribution in [0.4, 0.5) is 0 Å². The Hall–Kier alpha value is -1.38. The minimum atomic E-state index is -0.103. The molecule has 0 atom stereocenters. The fourth-order valence-electron chi connectivity index (χ4n) is 0.779. The summed E-state index contributed by atoms with van der Waals surface area (Å²) >= 11 is 0. The second kappa shape index (κ2) is 8.23. The van der Waals surface area contributed by atoms with E-state index in [0.717, 1.165) is 6.42 Å². The lowest BCUT2D eigenvalue weighted by Crippen LogP contribution is -1.91. The summed E-state index contributed by atoms with van der Waals surface area (Å²) in [5.41, 5.74) is 0. The summed E-state index contributed by atoms with van der Waals surface area (Å²) in [4.78, 5) is 14.6. The maximum absolute atomic E-state index is 10.9. The Morgan fingerprint density at radius 3 is 2.79 bits per heavy atom. The van der Waals surface area contributed by atoms with Crippen LogP contribution in [0, 0.1) is 0 Å². The summed E-state index contributed by atoms with van der Waals surface area (Å²) in [6.45, 7) is 5.94. The Labute approximate surface area is 84.8 Å². The Bertz CT molecular complexity index is 263. The molecule has 0 aliphatic rings. The van der Waals surface area contributed by atoms with E-state index in [1.807, 2.05) is 20.8 Å². The highest BCUT2D eigenvalue weighted by atomic mass is 16.3. The van der Waals surface area contributed by atoms with Crippen molar-refractivity contribution in [3.8, 4) is 0 Å². The van der Waals surface area contributed by atoms with Crippen LogP contribution in [0.15, 0.2) is 27.8 Å². The number of aliphatic imine (C=N–C) groups is 1. The van der Waals surface area contributed by atoms with Gasteiger partial charge in [-0.25, -0.2) is 4.99 Å². The van der Waals surface area contributed by atoms with Gasteiger partial charge in [-0.15, -0.1) is 0 Å². The number of nitrogens with zero attached hydrogens (tertiary/aromatic N) is 1. The molecule has 0 saturated heterocycles. The molecule has 1 heterocycles. The van der Waals surface area contributed by atoms with Crippen LogP contribution in [0.25, 0.3) is 0 Å². The molecule has 0 radical (unpaired) electrons. The Morgan fingerprint density at radius 1 is 1.57 bits per heavy atom. The number of furan rings is 1. The number of rotatable bonds is 3. The van der Waals surface area contributed by atoms with Crippen molar-refractivity contribution in [3.05, 3.63) is 24.2 Å². The van der Waals surface area contributed by atoms with Gasteiger partial charge in [0.1, 0.15) is 5.76 Å². The Kier molecular flexibility index (Phi) is 7.42. The van der Waals surface area contributed by atoms with Gasteiger partial charge in [0.25, 0.3) is 0 Å². The molecule has 1 aromatic heterocycles. The number of carbonyl (C=O) groups excluding carboxylic acids is 1. The lowest BCUT2D eigenvalue weighted by atomic mass is 10.3. The van der Waals surface area contributed by atoms with Gasteiger partial charge in [-0.3, -0.25) is 4.79 Å². The van der Waals surface area contributed by atoms with Gasteiger partial charge in [0.2, 0.25) is 5.91 Å². The molecular weight excluding hydrogens is 178 g/mol. The molecule has 0 saturated carbocycles. The summed E-state index contributed by atoms with van der Waals surface area (Å²) in [5, 5.41) is 0. The predicted octanol–water partition coefficient (Wildman–Crippen LogP) is 3.05. The predicted molar refractivity (Wildman–Crippen MR) is 57.6 cm³/mol. The number of hydrogen-bond donors (Lipinski definition) is 0. The first-order valence-electron chi connectivity index (χ1n) is 4.93. The van der Waals surface area contributed by atoms with Crippen LogP contribution in [0.1, 0.15) is 39.4 Å². The van der Waals surface area contributed by atoms with E-state index in [-0.39, 0.29) is 5.91 Å². The van der Waals surface area contributed by atoms with Crippen molar-refractivity contribution >= 4 is 12.1 Å². The largest absolute Gasteiger partial charge is 0.463 e. The van der Waals surface area contributed by atoms with Crippen LogP contribution < -0.4 is 0 Å². The fourth-order valence-corrected chi connectivity index (χ4v) is 0.779. The molecule has 0 fully saturated rings. The van der Waals surface area contributed by atoms with Crippen LogP contribution in [0.3, 0.4) is 0 Å². The maximum Gasteiger partial charge on any atom is 0.245 e. The zero-order valence-electron chi connectivity index (χ0n) is 8.99. The van der Waals surface area contributed by atoms with Gasteiger partial charge in [0, 0.05) is 6.42 Å². The zero-order chi connectivity index (χ0) is 10.8. The molecule has 3 nitrogen and oxygen atoms in total. The number of amides is 1. The van der Waals surface area contributed by atoms with Gasteiger partial charge in [-0.2, -0.15) is 0 Å². The zero-order valence-corrected chi connectivity index (χ0v) is 8.99. The second-order valence-electron chi connectivity index (χ2n) is 2.42. The van der Waals surface area contributed by atoms with Gasteiger partial charge in [-0.05, 0) is 18.6 Å². The SMILES string of the molecule is CC.CCCC(=O)N=Cc1ccco1. The topological polar surface area (TPSA) is 42.6 Å². The minimum Gasteiger partial charge on any atom is -0.463 e. The molecule has 14 heavy (non-hydrogen) atoms. The van der Waals surface area contributed by atoms with E-state index in [2.05, 4.69) is 4.99 Å². The lowest BCUT2D eigenvalue weighted by molar-refractivity contribution is -0.117. The Balaban J connectivity index is 0.000000791. The molecule has 3 heteroatoms. The van der Waals surface area contributed by atoms with Crippen LogP contribution in [-0.2, 0) is 4.79 Å². The van der Waals surface area contributed by atoms with Crippen molar-refractivity contribution in [2.45, 2.75) is 33.6 Å². The van der Waals surface area contributed by atoms with Gasteiger partial charge in [-0.1, -0.05) is 20.8 Å². The molecule has 0 aromatic carbocycles. The van der Waals surface area contributed by atoms with E-state index in [0.29, 0.717) is 12.2 Å². The van der Waals surface area contributed by atoms with Crippen molar-refractivity contribution < 1.29 is 9.21 Å². The van der Waals surface area contributed by atoms with E-state index in [1.54, 1.807) is 18.4 Å². The first kappa shape index (κ1) is 12.6. The second-order valence-corrected chi connectivity index (χ2v) is 2.42. The van der Waals surface area contributed by atoms with E-state index in [1.165, 1.54) is 6.21 Å². The summed E-state index contributed by atoms with van der Waals surface area (Å²) < 4.78 is 4.96. The minimum absolute atomic E-state index is 0.103. The highest BCUT2D eigenvalue weighted by Crippen LogP contribution is 1.96. The summed E-state index contributed by atoms with van der Waals surface area (Å²) in [7, 11) is 0. The van der Waals surface area contributed by atoms with E-state index in [9.17, 15) is 4.79 Å². The number of carbonyl (C=O) groups is 1. The Morgan fingerprint density at radius 2 is 2.29 bits per heavy atom. The van der Waals surface area contributed by atoms with Crippen molar-refractivity contribution in [3.63, 3.8) is 0 Å². The molecule has 1 rings (SSSR count). The van der Waals surface area contributed by atoms with Crippen molar-refractivity contribution in [2.24, 2.45) is 4.99 Å². The van der Waals surface area contributed by atoms with Gasteiger partial charge < -0.3 is 4.42 Å². The molecular formula is C11H17NO2. The third-order valence-corrected chi connectivity index (χ3v) is 1.34. The third kappa shape index (κ3) is 5.30. The molecule has 1 aromatic rings. The normalized spacial score (nSPS) is 9.64. The highest BCUT2D eigenvalue weighted by Gasteiger charge is 1.94. The monoisotopic (exact) mass is 195 g/mol. The fraction of sp³-hybridized carbons (Fsp3) is 0.455. The molecule has 1 amide bonds. The average molecular weight is 195 g/mol. The highest BCUT2D eigenvalue weighted by molar-refractivity contribution is 5.90. The maximum atomic E-state index is 10.9. The molecule has 0 aliphatic carbocycles. The molecule has 0 bridgehead atoms. The summed E-state index contributed by atoms with van der Waals surface area (Å²) in [5.74, 6) is 0.508. The van der Waals surface area contributed by atoms with E-state index < -0.39 is 0 Å². The number of hydrogen-bond acceptors (Lipinski definition) is 2. The first-order valence-corrected chi connectivity index (χ1v) is 4.93. The molecule has 0 N–H and O–H groups in total. The quantitative estimate of drug-likeness (QED) is 0.695. The van der Waals surface area contributed by atoms with E-state index in [4.69, 9.17) is 4.42 Å². The smallest absolute Gasteiger partial charge is 0.245 e. The van der Waals surface area contributed by atoms with Crippen molar-refractivity contribution in [1.29, 1.82) is 0 Å². The van der Waals surface area contributed by atoms with Crippen LogP contribution in [0.5, 0.6) is 0 Å². The van der Waals surface area contributed by atoms with Gasteiger partial charge >= 0.3 is 0 Å². The third-order valence-electron chi connectivity index (χ3n) is 1.34. The van der Waals surface area contributed by atoms with Crippen molar-refractivity contribution in [2.75, 3.05) is 0 Å². The van der Waals surface area contributed by atoms with Crippen molar-refractivity contribution in [1.82, 2.24) is 0 Å². The average Bonchev–Trinajstić information content (AvgIpc) is 2.71. The van der Waals surface area contributed by atoms with Gasteiger partial charge in [0.05, 0.1) is 12.5 Å². The van der Waals surface area contributed by atoms with Crippen LogP contribution in [-0.4, -0.2) is 12.1 Å². The summed E-state index contributed by atoms with van der Waals surface area (Å²) in [6.07, 6.45) is 4.31. The van der Waals surface area contributed by atoms with E-state index >= 15 is 0 Å². The summed E-state index contributed by atoms with van der Waals surface area (Å²) in [6, 6.07) is 3.51. The van der Waals surface area contributed by atoms with Crippen LogP contribution >= 0.6 is 0 Å². The first-order chi connectivity index (χ1) is 6.83. The molecule has 0 unspecified atom stereocenters. The van der Waals surface area contributed by atoms with Crippen LogP contribution in [0.2, 0.25) is 0 Å². The molecule has 0 aliphatic heterocycles. The molecule has 78 valence electrons.